The highest BCUT2D eigenvalue weighted by Gasteiger charge is 2.30. The number of likely N-dealkylation sites (N-methyl/N-ethyl adjacent to an activating group) is 1. The van der Waals surface area contributed by atoms with Gasteiger partial charge in [0, 0.05) is 31.2 Å². The maximum Gasteiger partial charge on any atom is 0.410 e. The molecule has 0 aliphatic heterocycles. The van der Waals surface area contributed by atoms with E-state index >= 15 is 0 Å². The first-order chi connectivity index (χ1) is 10.4. The van der Waals surface area contributed by atoms with Crippen LogP contribution >= 0.6 is 0 Å². The van der Waals surface area contributed by atoms with Crippen molar-refractivity contribution in [1.29, 1.82) is 0 Å². The van der Waals surface area contributed by atoms with Crippen LogP contribution in [0.5, 0.6) is 0 Å². The normalized spacial score (nSPS) is 13.7. The molecule has 0 saturated heterocycles. The summed E-state index contributed by atoms with van der Waals surface area (Å²) < 4.78 is 30.8. The molecule has 7 nitrogen and oxygen atoms in total. The summed E-state index contributed by atoms with van der Waals surface area (Å²) in [6, 6.07) is 0. The Morgan fingerprint density at radius 1 is 1.04 bits per heavy atom. The number of carbonyl (C=O) groups excluding carboxylic acids is 1. The molecule has 0 aliphatic carbocycles. The van der Waals surface area contributed by atoms with Crippen molar-refractivity contribution in [1.82, 2.24) is 14.9 Å². The van der Waals surface area contributed by atoms with Crippen LogP contribution in [0.15, 0.2) is 0 Å². The van der Waals surface area contributed by atoms with E-state index in [0.29, 0.717) is 19.5 Å². The molecule has 0 spiro atoms. The van der Waals surface area contributed by atoms with E-state index in [2.05, 4.69) is 10.0 Å². The second-order valence-electron chi connectivity index (χ2n) is 8.65. The van der Waals surface area contributed by atoms with Gasteiger partial charge in [-0.3, -0.25) is 0 Å². The number of amides is 1. The number of carbonyl (C=O) groups is 1. The average molecular weight is 366 g/mol. The number of ether oxygens (including phenoxy) is 1. The molecule has 0 aromatic heterocycles. The summed E-state index contributed by atoms with van der Waals surface area (Å²) in [5, 5.41) is 3.37. The fourth-order valence-corrected chi connectivity index (χ4v) is 3.77. The summed E-state index contributed by atoms with van der Waals surface area (Å²) in [7, 11) is -1.57. The Morgan fingerprint density at radius 3 is 1.96 bits per heavy atom. The van der Waals surface area contributed by atoms with E-state index in [1.54, 1.807) is 7.05 Å². The third-order valence-electron chi connectivity index (χ3n) is 3.10. The van der Waals surface area contributed by atoms with E-state index in [4.69, 9.17) is 4.74 Å². The minimum atomic E-state index is -3.26. The minimum Gasteiger partial charge on any atom is -0.444 e. The minimum absolute atomic E-state index is 0.296. The van der Waals surface area contributed by atoms with E-state index in [-0.39, 0.29) is 11.6 Å². The standard InChI is InChI=1S/C16H35N3O4S/c1-14(2,3)23-13(20)19(8)11-10-17-15(4,5)12-16(6,7)18-24(9,21)22/h17-18H,10-12H2,1-9H3. The van der Waals surface area contributed by atoms with Crippen molar-refractivity contribution in [3.63, 3.8) is 0 Å². The molecule has 0 heterocycles. The number of nitrogens with zero attached hydrogens (tertiary/aromatic N) is 1. The van der Waals surface area contributed by atoms with Gasteiger partial charge >= 0.3 is 6.09 Å². The van der Waals surface area contributed by atoms with Gasteiger partial charge in [0.15, 0.2) is 0 Å². The summed E-state index contributed by atoms with van der Waals surface area (Å²) >= 11 is 0. The van der Waals surface area contributed by atoms with Gasteiger partial charge in [0.05, 0.1) is 6.26 Å². The van der Waals surface area contributed by atoms with Gasteiger partial charge < -0.3 is 15.0 Å². The fraction of sp³-hybridized carbons (Fsp3) is 0.938. The maximum absolute atomic E-state index is 11.9. The molecule has 8 heteroatoms. The van der Waals surface area contributed by atoms with Crippen molar-refractivity contribution >= 4 is 16.1 Å². The van der Waals surface area contributed by atoms with Gasteiger partial charge in [0.1, 0.15) is 5.60 Å². The molecule has 0 radical (unpaired) electrons. The number of hydrogen-bond donors (Lipinski definition) is 2. The van der Waals surface area contributed by atoms with E-state index in [1.165, 1.54) is 4.90 Å². The van der Waals surface area contributed by atoms with Crippen LogP contribution in [0, 0.1) is 0 Å². The lowest BCUT2D eigenvalue weighted by Crippen LogP contribution is -2.53. The Bertz CT molecular complexity index is 522. The Morgan fingerprint density at radius 2 is 1.54 bits per heavy atom. The number of sulfonamides is 1. The Hall–Kier alpha value is -0.860. The van der Waals surface area contributed by atoms with Gasteiger partial charge in [-0.15, -0.1) is 0 Å². The van der Waals surface area contributed by atoms with E-state index < -0.39 is 21.2 Å². The predicted octanol–water partition coefficient (Wildman–Crippen LogP) is 1.94. The zero-order valence-corrected chi connectivity index (χ0v) is 17.4. The van der Waals surface area contributed by atoms with Crippen molar-refractivity contribution in [2.24, 2.45) is 0 Å². The van der Waals surface area contributed by atoms with Crippen LogP contribution < -0.4 is 10.0 Å². The van der Waals surface area contributed by atoms with Crippen LogP contribution in [0.4, 0.5) is 4.79 Å². The SMILES string of the molecule is CN(CCNC(C)(C)CC(C)(C)NS(C)(=O)=O)C(=O)OC(C)(C)C. The third-order valence-corrected chi connectivity index (χ3v) is 4.02. The first-order valence-electron chi connectivity index (χ1n) is 8.11. The molecule has 24 heavy (non-hydrogen) atoms. The number of hydrogen-bond acceptors (Lipinski definition) is 5. The smallest absolute Gasteiger partial charge is 0.410 e. The summed E-state index contributed by atoms with van der Waals surface area (Å²) in [6.45, 7) is 14.3. The quantitative estimate of drug-likeness (QED) is 0.686. The largest absolute Gasteiger partial charge is 0.444 e. The highest BCUT2D eigenvalue weighted by Crippen LogP contribution is 2.20. The van der Waals surface area contributed by atoms with Crippen LogP contribution in [-0.4, -0.2) is 62.5 Å². The molecular formula is C16H35N3O4S. The lowest BCUT2D eigenvalue weighted by Gasteiger charge is -2.36. The first-order valence-corrected chi connectivity index (χ1v) is 10.00. The van der Waals surface area contributed by atoms with Crippen LogP contribution in [0.3, 0.4) is 0 Å². The van der Waals surface area contributed by atoms with Crippen molar-refractivity contribution in [3.8, 4) is 0 Å². The van der Waals surface area contributed by atoms with E-state index in [1.807, 2.05) is 48.5 Å². The summed E-state index contributed by atoms with van der Waals surface area (Å²) in [4.78, 5) is 13.4. The summed E-state index contributed by atoms with van der Waals surface area (Å²) in [5.74, 6) is 0. The molecular weight excluding hydrogens is 330 g/mol. The molecule has 1 amide bonds. The lowest BCUT2D eigenvalue weighted by atomic mass is 9.88. The summed E-state index contributed by atoms with van der Waals surface area (Å²) in [5.41, 5.74) is -1.38. The molecule has 0 fully saturated rings. The molecule has 0 saturated carbocycles. The average Bonchev–Trinajstić information content (AvgIpc) is 2.20. The predicted molar refractivity (Wildman–Crippen MR) is 97.6 cm³/mol. The Balaban J connectivity index is 4.46. The second kappa shape index (κ2) is 8.01. The molecule has 2 N–H and O–H groups in total. The molecule has 0 rings (SSSR count). The van der Waals surface area contributed by atoms with Gasteiger partial charge in [0.2, 0.25) is 10.0 Å². The van der Waals surface area contributed by atoms with Gasteiger partial charge in [-0.1, -0.05) is 0 Å². The van der Waals surface area contributed by atoms with Gasteiger partial charge in [-0.05, 0) is 54.9 Å². The molecule has 0 aromatic carbocycles. The first kappa shape index (κ1) is 23.1. The summed E-state index contributed by atoms with van der Waals surface area (Å²) in [6.07, 6.45) is 1.40. The topological polar surface area (TPSA) is 87.7 Å². The van der Waals surface area contributed by atoms with Crippen molar-refractivity contribution < 1.29 is 17.9 Å². The number of nitrogens with one attached hydrogen (secondary N) is 2. The monoisotopic (exact) mass is 365 g/mol. The molecule has 0 aromatic rings. The van der Waals surface area contributed by atoms with Gasteiger partial charge in [0.25, 0.3) is 0 Å². The zero-order chi connectivity index (χ0) is 19.4. The third kappa shape index (κ3) is 11.6. The van der Waals surface area contributed by atoms with Crippen molar-refractivity contribution in [3.05, 3.63) is 0 Å². The van der Waals surface area contributed by atoms with E-state index in [0.717, 1.165) is 6.26 Å². The van der Waals surface area contributed by atoms with Crippen molar-refractivity contribution in [2.75, 3.05) is 26.4 Å². The highest BCUT2D eigenvalue weighted by molar-refractivity contribution is 7.88. The van der Waals surface area contributed by atoms with Gasteiger partial charge in [-0.25, -0.2) is 17.9 Å². The zero-order valence-electron chi connectivity index (χ0n) is 16.6. The number of rotatable bonds is 8. The Labute approximate surface area is 147 Å². The second-order valence-corrected chi connectivity index (χ2v) is 10.4. The Kier molecular flexibility index (Phi) is 7.73. The van der Waals surface area contributed by atoms with Crippen LogP contribution in [0.1, 0.15) is 54.9 Å². The highest BCUT2D eigenvalue weighted by atomic mass is 32.2. The van der Waals surface area contributed by atoms with Crippen molar-refractivity contribution in [2.45, 2.75) is 71.6 Å². The molecule has 0 aliphatic rings. The fourth-order valence-electron chi connectivity index (χ4n) is 2.70. The van der Waals surface area contributed by atoms with E-state index in [9.17, 15) is 13.2 Å². The lowest BCUT2D eigenvalue weighted by molar-refractivity contribution is 0.0296. The molecule has 0 unspecified atom stereocenters. The molecule has 0 bridgehead atoms. The molecule has 0 atom stereocenters. The maximum atomic E-state index is 11.9. The van der Waals surface area contributed by atoms with Crippen LogP contribution in [0.25, 0.3) is 0 Å². The molecule has 144 valence electrons. The van der Waals surface area contributed by atoms with Crippen LogP contribution in [-0.2, 0) is 14.8 Å². The van der Waals surface area contributed by atoms with Gasteiger partial charge in [-0.2, -0.15) is 0 Å². The van der Waals surface area contributed by atoms with Crippen LogP contribution in [0.2, 0.25) is 0 Å².